The Labute approximate surface area is 142 Å². The van der Waals surface area contributed by atoms with Crippen LogP contribution >= 0.6 is 0 Å². The molecule has 2 nitrogen and oxygen atoms in total. The molecule has 1 fully saturated rings. The average molecular weight is 319 g/mol. The number of rotatable bonds is 11. The molecule has 0 aromatic heterocycles. The van der Waals surface area contributed by atoms with Gasteiger partial charge in [0.05, 0.1) is 13.2 Å². The van der Waals surface area contributed by atoms with Crippen molar-refractivity contribution in [3.8, 4) is 5.75 Å². The van der Waals surface area contributed by atoms with Gasteiger partial charge in [-0.3, -0.25) is 0 Å². The Kier molecular flexibility index (Phi) is 7.94. The molecule has 1 aliphatic rings. The summed E-state index contributed by atoms with van der Waals surface area (Å²) in [7, 11) is 0. The fourth-order valence-electron chi connectivity index (χ4n) is 3.74. The lowest BCUT2D eigenvalue weighted by atomic mass is 9.80. The third kappa shape index (κ3) is 5.53. The molecule has 1 aromatic rings. The van der Waals surface area contributed by atoms with E-state index in [0.717, 1.165) is 31.6 Å². The van der Waals surface area contributed by atoms with Crippen molar-refractivity contribution in [2.75, 3.05) is 13.2 Å². The minimum atomic E-state index is 0.0109. The van der Waals surface area contributed by atoms with Crippen molar-refractivity contribution in [2.45, 2.75) is 83.0 Å². The molecule has 0 unspecified atom stereocenters. The van der Waals surface area contributed by atoms with Gasteiger partial charge in [-0.15, -0.1) is 0 Å². The van der Waals surface area contributed by atoms with Crippen LogP contribution in [0.25, 0.3) is 0 Å². The first-order valence-corrected chi connectivity index (χ1v) is 9.65. The van der Waals surface area contributed by atoms with Crippen molar-refractivity contribution in [1.29, 1.82) is 0 Å². The number of hydrogen-bond acceptors (Lipinski definition) is 2. The zero-order valence-corrected chi connectivity index (χ0v) is 14.9. The van der Waals surface area contributed by atoms with Gasteiger partial charge in [0.2, 0.25) is 0 Å². The standard InChI is InChI=1S/C21H34O2/c1-2-3-4-5-6-7-10-17-23-20-13-11-19(12-14-20)21(18-22)15-8-9-16-21/h11-14,22H,2-10,15-18H2,1H3. The van der Waals surface area contributed by atoms with Gasteiger partial charge in [-0.2, -0.15) is 0 Å². The van der Waals surface area contributed by atoms with E-state index in [-0.39, 0.29) is 12.0 Å². The maximum atomic E-state index is 9.79. The molecule has 0 heterocycles. The van der Waals surface area contributed by atoms with Crippen molar-refractivity contribution < 1.29 is 9.84 Å². The maximum absolute atomic E-state index is 9.79. The van der Waals surface area contributed by atoms with Crippen molar-refractivity contribution in [2.24, 2.45) is 0 Å². The fraction of sp³-hybridized carbons (Fsp3) is 0.714. The monoisotopic (exact) mass is 318 g/mol. The molecule has 1 N–H and O–H groups in total. The minimum Gasteiger partial charge on any atom is -0.494 e. The molecule has 0 atom stereocenters. The van der Waals surface area contributed by atoms with Gasteiger partial charge in [-0.05, 0) is 37.0 Å². The zero-order valence-electron chi connectivity index (χ0n) is 14.9. The first kappa shape index (κ1) is 18.3. The SMILES string of the molecule is CCCCCCCCCOc1ccc(C2(CO)CCCC2)cc1. The van der Waals surface area contributed by atoms with Gasteiger partial charge in [0.15, 0.2) is 0 Å². The highest BCUT2D eigenvalue weighted by atomic mass is 16.5. The topological polar surface area (TPSA) is 29.5 Å². The molecule has 1 saturated carbocycles. The third-order valence-electron chi connectivity index (χ3n) is 5.35. The van der Waals surface area contributed by atoms with Gasteiger partial charge in [0, 0.05) is 5.41 Å². The first-order chi connectivity index (χ1) is 11.3. The molecule has 1 aromatic carbocycles. The van der Waals surface area contributed by atoms with E-state index in [1.165, 1.54) is 56.9 Å². The molecule has 0 aliphatic heterocycles. The highest BCUT2D eigenvalue weighted by Gasteiger charge is 2.34. The molecule has 130 valence electrons. The van der Waals surface area contributed by atoms with Gasteiger partial charge in [-0.1, -0.05) is 70.4 Å². The van der Waals surface area contributed by atoms with E-state index in [4.69, 9.17) is 4.74 Å². The van der Waals surface area contributed by atoms with Crippen LogP contribution in [0.1, 0.15) is 83.1 Å². The summed E-state index contributed by atoms with van der Waals surface area (Å²) in [5.74, 6) is 0.964. The third-order valence-corrected chi connectivity index (χ3v) is 5.35. The van der Waals surface area contributed by atoms with Gasteiger partial charge < -0.3 is 9.84 Å². The molecular formula is C21H34O2. The summed E-state index contributed by atoms with van der Waals surface area (Å²) >= 11 is 0. The lowest BCUT2D eigenvalue weighted by Gasteiger charge is -2.27. The van der Waals surface area contributed by atoms with Crippen LogP contribution in [0.4, 0.5) is 0 Å². The molecule has 2 rings (SSSR count). The number of ether oxygens (including phenoxy) is 1. The van der Waals surface area contributed by atoms with Gasteiger partial charge in [-0.25, -0.2) is 0 Å². The van der Waals surface area contributed by atoms with E-state index < -0.39 is 0 Å². The molecule has 1 aliphatic carbocycles. The zero-order chi connectivity index (χ0) is 16.4. The van der Waals surface area contributed by atoms with Crippen LogP contribution < -0.4 is 4.74 Å². The number of benzene rings is 1. The van der Waals surface area contributed by atoms with E-state index >= 15 is 0 Å². The Morgan fingerprint density at radius 1 is 0.913 bits per heavy atom. The van der Waals surface area contributed by atoms with Crippen LogP contribution in [0.2, 0.25) is 0 Å². The van der Waals surface area contributed by atoms with Crippen LogP contribution in [0.3, 0.4) is 0 Å². The van der Waals surface area contributed by atoms with E-state index in [1.807, 2.05) is 0 Å². The van der Waals surface area contributed by atoms with E-state index in [9.17, 15) is 5.11 Å². The summed E-state index contributed by atoms with van der Waals surface area (Å²) in [6.45, 7) is 3.34. The normalized spacial score (nSPS) is 16.6. The Balaban J connectivity index is 1.67. The number of aliphatic hydroxyl groups is 1. The first-order valence-electron chi connectivity index (χ1n) is 9.65. The van der Waals surface area contributed by atoms with Gasteiger partial charge in [0.1, 0.15) is 5.75 Å². The van der Waals surface area contributed by atoms with E-state index in [1.54, 1.807) is 0 Å². The molecule has 2 heteroatoms. The summed E-state index contributed by atoms with van der Waals surface area (Å²) in [5.41, 5.74) is 1.29. The second kappa shape index (κ2) is 9.97. The summed E-state index contributed by atoms with van der Waals surface area (Å²) in [5, 5.41) is 9.79. The maximum Gasteiger partial charge on any atom is 0.119 e. The Morgan fingerprint density at radius 3 is 2.13 bits per heavy atom. The summed E-state index contributed by atoms with van der Waals surface area (Å²) in [6.07, 6.45) is 13.9. The lowest BCUT2D eigenvalue weighted by Crippen LogP contribution is -2.26. The Bertz CT molecular complexity index is 418. The molecule has 0 saturated heterocycles. The molecular weight excluding hydrogens is 284 g/mol. The molecule has 0 bridgehead atoms. The summed E-state index contributed by atoms with van der Waals surface area (Å²) in [4.78, 5) is 0. The van der Waals surface area contributed by atoms with E-state index in [2.05, 4.69) is 31.2 Å². The average Bonchev–Trinajstić information content (AvgIpc) is 3.08. The second-order valence-electron chi connectivity index (χ2n) is 7.14. The lowest BCUT2D eigenvalue weighted by molar-refractivity contribution is 0.196. The smallest absolute Gasteiger partial charge is 0.119 e. The van der Waals surface area contributed by atoms with Crippen LogP contribution in [-0.4, -0.2) is 18.3 Å². The van der Waals surface area contributed by atoms with Crippen LogP contribution in [0.15, 0.2) is 24.3 Å². The molecule has 0 amide bonds. The molecule has 23 heavy (non-hydrogen) atoms. The number of unbranched alkanes of at least 4 members (excludes halogenated alkanes) is 6. The Hall–Kier alpha value is -1.02. The number of aliphatic hydroxyl groups excluding tert-OH is 1. The van der Waals surface area contributed by atoms with Crippen molar-refractivity contribution in [3.63, 3.8) is 0 Å². The van der Waals surface area contributed by atoms with Crippen molar-refractivity contribution in [1.82, 2.24) is 0 Å². The summed E-state index contributed by atoms with van der Waals surface area (Å²) < 4.78 is 5.86. The second-order valence-corrected chi connectivity index (χ2v) is 7.14. The van der Waals surface area contributed by atoms with Crippen molar-refractivity contribution >= 4 is 0 Å². The molecule has 0 radical (unpaired) electrons. The highest BCUT2D eigenvalue weighted by Crippen LogP contribution is 2.41. The van der Waals surface area contributed by atoms with Crippen LogP contribution in [-0.2, 0) is 5.41 Å². The van der Waals surface area contributed by atoms with Crippen LogP contribution in [0.5, 0.6) is 5.75 Å². The van der Waals surface area contributed by atoms with E-state index in [0.29, 0.717) is 0 Å². The predicted molar refractivity (Wildman–Crippen MR) is 97.2 cm³/mol. The quantitative estimate of drug-likeness (QED) is 0.537. The van der Waals surface area contributed by atoms with Crippen LogP contribution in [0, 0.1) is 0 Å². The molecule has 0 spiro atoms. The van der Waals surface area contributed by atoms with Gasteiger partial charge >= 0.3 is 0 Å². The highest BCUT2D eigenvalue weighted by molar-refractivity contribution is 5.33. The summed E-state index contributed by atoms with van der Waals surface area (Å²) in [6, 6.07) is 8.46. The fourth-order valence-corrected chi connectivity index (χ4v) is 3.74. The largest absolute Gasteiger partial charge is 0.494 e. The minimum absolute atomic E-state index is 0.0109. The van der Waals surface area contributed by atoms with Gasteiger partial charge in [0.25, 0.3) is 0 Å². The number of hydrogen-bond donors (Lipinski definition) is 1. The predicted octanol–water partition coefficient (Wildman–Crippen LogP) is 5.62. The van der Waals surface area contributed by atoms with Crippen molar-refractivity contribution in [3.05, 3.63) is 29.8 Å². The Morgan fingerprint density at radius 2 is 1.52 bits per heavy atom.